The number of pyridine rings is 1. The summed E-state index contributed by atoms with van der Waals surface area (Å²) in [6.07, 6.45) is 0.526. The molecule has 0 saturated carbocycles. The Bertz CT molecular complexity index is 1050. The number of hydroxylamine groups is 1. The zero-order valence-corrected chi connectivity index (χ0v) is 16.4. The summed E-state index contributed by atoms with van der Waals surface area (Å²) in [5.41, 5.74) is 3.50. The van der Waals surface area contributed by atoms with Crippen LogP contribution >= 0.6 is 0 Å². The number of amides is 1. The normalized spacial score (nSPS) is 12.2. The highest BCUT2D eigenvalue weighted by atomic mass is 19.1. The van der Waals surface area contributed by atoms with E-state index in [1.165, 1.54) is 10.5 Å². The molecule has 1 atom stereocenters. The Morgan fingerprint density at radius 3 is 2.67 bits per heavy atom. The molecule has 0 spiro atoms. The van der Waals surface area contributed by atoms with Crippen LogP contribution in [0, 0.1) is 25.5 Å². The first-order chi connectivity index (χ1) is 14.3. The number of rotatable bonds is 8. The summed E-state index contributed by atoms with van der Waals surface area (Å²) >= 11 is 0. The van der Waals surface area contributed by atoms with E-state index in [-0.39, 0.29) is 35.9 Å². The molecule has 3 rings (SSSR count). The van der Waals surface area contributed by atoms with Gasteiger partial charge in [-0.1, -0.05) is 6.07 Å². The van der Waals surface area contributed by atoms with Crippen molar-refractivity contribution in [3.63, 3.8) is 0 Å². The van der Waals surface area contributed by atoms with Crippen LogP contribution in [0.3, 0.4) is 0 Å². The quantitative estimate of drug-likeness (QED) is 0.480. The lowest BCUT2D eigenvalue weighted by Crippen LogP contribution is -2.30. The number of aliphatic hydroxyl groups excluding tert-OH is 2. The van der Waals surface area contributed by atoms with Gasteiger partial charge in [0.15, 0.2) is 11.4 Å². The van der Waals surface area contributed by atoms with Crippen molar-refractivity contribution >= 4 is 11.6 Å². The van der Waals surface area contributed by atoms with E-state index in [0.29, 0.717) is 5.69 Å². The van der Waals surface area contributed by atoms with E-state index in [1.54, 1.807) is 26.1 Å². The molecule has 2 heterocycles. The molecule has 160 valence electrons. The summed E-state index contributed by atoms with van der Waals surface area (Å²) in [4.78, 5) is 21.8. The molecule has 0 aliphatic heterocycles. The number of carbonyl (C=O) groups is 1. The Labute approximate surface area is 170 Å². The number of halogens is 2. The Morgan fingerprint density at radius 2 is 2.00 bits per heavy atom. The van der Waals surface area contributed by atoms with Crippen molar-refractivity contribution in [2.24, 2.45) is 0 Å². The molecule has 1 unspecified atom stereocenters. The molecule has 10 heteroatoms. The molecule has 1 amide bonds. The van der Waals surface area contributed by atoms with Crippen LogP contribution < -0.4 is 10.2 Å². The van der Waals surface area contributed by atoms with Gasteiger partial charge in [-0.3, -0.25) is 14.0 Å². The number of carbonyl (C=O) groups excluding carboxylic acids is 1. The minimum atomic E-state index is -1.13. The first-order valence-electron chi connectivity index (χ1n) is 9.07. The number of ether oxygens (including phenoxy) is 1. The predicted octanol–water partition coefficient (Wildman–Crippen LogP) is 1.82. The predicted molar refractivity (Wildman–Crippen MR) is 102 cm³/mol. The smallest absolute Gasteiger partial charge is 0.293 e. The summed E-state index contributed by atoms with van der Waals surface area (Å²) in [5.74, 6) is -1.82. The van der Waals surface area contributed by atoms with Crippen LogP contribution in [0.2, 0.25) is 0 Å². The fraction of sp³-hybridized carbons (Fsp3) is 0.300. The molecule has 0 radical (unpaired) electrons. The Balaban J connectivity index is 1.87. The third-order valence-electron chi connectivity index (χ3n) is 4.30. The van der Waals surface area contributed by atoms with Crippen molar-refractivity contribution in [2.45, 2.75) is 26.6 Å². The van der Waals surface area contributed by atoms with Crippen LogP contribution in [0.1, 0.15) is 27.3 Å². The fourth-order valence-corrected chi connectivity index (χ4v) is 2.86. The molecule has 0 aliphatic carbocycles. The zero-order valence-electron chi connectivity index (χ0n) is 16.4. The SMILES string of the molecule is Cc1cc(OCc2c(F)cccc2F)c2nc(C)c(C(=O)NOCC(O)CO)n2c1. The molecular formula is C20H21F2N3O5. The van der Waals surface area contributed by atoms with E-state index < -0.39 is 30.3 Å². The average Bonchev–Trinajstić information content (AvgIpc) is 3.03. The molecule has 2 aromatic heterocycles. The molecule has 0 saturated heterocycles. The van der Waals surface area contributed by atoms with Crippen LogP contribution in [0.15, 0.2) is 30.5 Å². The molecule has 3 aromatic rings. The van der Waals surface area contributed by atoms with Crippen LogP contribution in [0.5, 0.6) is 5.75 Å². The van der Waals surface area contributed by atoms with Crippen LogP contribution in [-0.2, 0) is 11.4 Å². The van der Waals surface area contributed by atoms with E-state index in [2.05, 4.69) is 10.5 Å². The van der Waals surface area contributed by atoms with Crippen molar-refractivity contribution in [2.75, 3.05) is 13.2 Å². The van der Waals surface area contributed by atoms with Gasteiger partial charge in [0.1, 0.15) is 36.6 Å². The number of hydrogen-bond acceptors (Lipinski definition) is 6. The van der Waals surface area contributed by atoms with Gasteiger partial charge in [-0.2, -0.15) is 0 Å². The third kappa shape index (κ3) is 4.56. The van der Waals surface area contributed by atoms with E-state index in [9.17, 15) is 18.7 Å². The Kier molecular flexibility index (Phi) is 6.60. The standard InChI is InChI=1S/C20H21F2N3O5/c1-11-6-17(29-10-14-15(21)4-3-5-16(14)22)19-23-12(2)18(25(19)7-11)20(28)24-30-9-13(27)8-26/h3-7,13,26-27H,8-10H2,1-2H3,(H,24,28). The van der Waals surface area contributed by atoms with E-state index in [0.717, 1.165) is 17.7 Å². The van der Waals surface area contributed by atoms with Crippen molar-refractivity contribution in [3.05, 3.63) is 64.6 Å². The third-order valence-corrected chi connectivity index (χ3v) is 4.30. The summed E-state index contributed by atoms with van der Waals surface area (Å²) in [7, 11) is 0. The summed E-state index contributed by atoms with van der Waals surface area (Å²) in [6, 6.07) is 5.20. The Hall–Kier alpha value is -3.08. The molecule has 8 nitrogen and oxygen atoms in total. The minimum absolute atomic E-state index is 0.161. The lowest BCUT2D eigenvalue weighted by Gasteiger charge is -2.12. The molecule has 1 aromatic carbocycles. The monoisotopic (exact) mass is 421 g/mol. The fourth-order valence-electron chi connectivity index (χ4n) is 2.86. The zero-order chi connectivity index (χ0) is 21.8. The molecule has 0 bridgehead atoms. The Morgan fingerprint density at radius 1 is 1.30 bits per heavy atom. The summed E-state index contributed by atoms with van der Waals surface area (Å²) in [5, 5.41) is 18.1. The number of hydrogen-bond donors (Lipinski definition) is 3. The van der Waals surface area contributed by atoms with Crippen LogP contribution in [0.4, 0.5) is 8.78 Å². The van der Waals surface area contributed by atoms with Gasteiger partial charge in [0.2, 0.25) is 0 Å². The van der Waals surface area contributed by atoms with E-state index >= 15 is 0 Å². The number of nitrogens with one attached hydrogen (secondary N) is 1. The summed E-state index contributed by atoms with van der Waals surface area (Å²) in [6.45, 7) is 2.22. The number of imidazole rings is 1. The average molecular weight is 421 g/mol. The van der Waals surface area contributed by atoms with Gasteiger partial charge in [-0.25, -0.2) is 19.2 Å². The minimum Gasteiger partial charge on any atom is -0.485 e. The summed E-state index contributed by atoms with van der Waals surface area (Å²) < 4.78 is 34.9. The second kappa shape index (κ2) is 9.16. The van der Waals surface area contributed by atoms with Gasteiger partial charge in [0, 0.05) is 6.20 Å². The number of benzene rings is 1. The lowest BCUT2D eigenvalue weighted by atomic mass is 10.2. The van der Waals surface area contributed by atoms with Gasteiger partial charge in [-0.05, 0) is 37.6 Å². The highest BCUT2D eigenvalue weighted by molar-refractivity contribution is 5.94. The highest BCUT2D eigenvalue weighted by Gasteiger charge is 2.20. The largest absolute Gasteiger partial charge is 0.485 e. The number of aliphatic hydroxyl groups is 2. The molecule has 0 fully saturated rings. The lowest BCUT2D eigenvalue weighted by molar-refractivity contribution is -0.0297. The number of nitrogens with zero attached hydrogens (tertiary/aromatic N) is 2. The second-order valence-corrected chi connectivity index (χ2v) is 6.69. The highest BCUT2D eigenvalue weighted by Crippen LogP contribution is 2.26. The van der Waals surface area contributed by atoms with Gasteiger partial charge in [0.05, 0.1) is 17.9 Å². The maximum atomic E-state index is 13.9. The van der Waals surface area contributed by atoms with Crippen LogP contribution in [0.25, 0.3) is 5.65 Å². The van der Waals surface area contributed by atoms with Gasteiger partial charge in [-0.15, -0.1) is 0 Å². The van der Waals surface area contributed by atoms with Crippen molar-refractivity contribution in [1.29, 1.82) is 0 Å². The van der Waals surface area contributed by atoms with Gasteiger partial charge >= 0.3 is 0 Å². The first-order valence-corrected chi connectivity index (χ1v) is 9.07. The van der Waals surface area contributed by atoms with Gasteiger partial charge < -0.3 is 14.9 Å². The molecule has 0 aliphatic rings. The van der Waals surface area contributed by atoms with Gasteiger partial charge in [0.25, 0.3) is 5.91 Å². The van der Waals surface area contributed by atoms with Crippen LogP contribution in [-0.4, -0.2) is 44.8 Å². The van der Waals surface area contributed by atoms with Crippen molar-refractivity contribution in [3.8, 4) is 5.75 Å². The molecular weight excluding hydrogens is 400 g/mol. The van der Waals surface area contributed by atoms with E-state index in [4.69, 9.17) is 14.7 Å². The second-order valence-electron chi connectivity index (χ2n) is 6.69. The molecule has 3 N–H and O–H groups in total. The first kappa shape index (κ1) is 21.6. The number of aryl methyl sites for hydroxylation is 2. The van der Waals surface area contributed by atoms with Crippen molar-refractivity contribution < 1.29 is 33.4 Å². The number of aromatic nitrogens is 2. The number of fused-ring (bicyclic) bond motifs is 1. The maximum Gasteiger partial charge on any atom is 0.293 e. The van der Waals surface area contributed by atoms with E-state index in [1.807, 2.05) is 0 Å². The molecule has 30 heavy (non-hydrogen) atoms. The van der Waals surface area contributed by atoms with Crippen molar-refractivity contribution in [1.82, 2.24) is 14.9 Å². The maximum absolute atomic E-state index is 13.9. The topological polar surface area (TPSA) is 105 Å².